The van der Waals surface area contributed by atoms with E-state index in [0.717, 1.165) is 18.4 Å². The van der Waals surface area contributed by atoms with Crippen LogP contribution in [0.1, 0.15) is 49.5 Å². The van der Waals surface area contributed by atoms with E-state index in [-0.39, 0.29) is 11.9 Å². The van der Waals surface area contributed by atoms with Crippen molar-refractivity contribution in [2.24, 2.45) is 5.92 Å². The summed E-state index contributed by atoms with van der Waals surface area (Å²) in [5.74, 6) is 1.23. The smallest absolute Gasteiger partial charge is 0.255 e. The van der Waals surface area contributed by atoms with Crippen LogP contribution in [0.5, 0.6) is 5.75 Å². The van der Waals surface area contributed by atoms with Gasteiger partial charge in [0.05, 0.1) is 12.7 Å². The molecule has 106 valence electrons. The molecule has 3 heteroatoms. The van der Waals surface area contributed by atoms with E-state index in [1.54, 1.807) is 7.11 Å². The molecular weight excluding hydrogens is 238 g/mol. The number of aryl methyl sites for hydroxylation is 1. The number of carbonyl (C=O) groups excluding carboxylic acids is 1. The average molecular weight is 263 g/mol. The second-order valence-corrected chi connectivity index (χ2v) is 5.55. The summed E-state index contributed by atoms with van der Waals surface area (Å²) in [6.45, 7) is 8.40. The minimum atomic E-state index is -0.0585. The van der Waals surface area contributed by atoms with Crippen LogP contribution >= 0.6 is 0 Å². The van der Waals surface area contributed by atoms with Crippen LogP contribution in [-0.4, -0.2) is 19.1 Å². The van der Waals surface area contributed by atoms with Gasteiger partial charge in [0.1, 0.15) is 5.75 Å². The second-order valence-electron chi connectivity index (χ2n) is 5.55. The SMILES string of the molecule is COc1ccc(C)cc1C(=O)NC(C)CCC(C)C. The number of benzene rings is 1. The van der Waals surface area contributed by atoms with Crippen molar-refractivity contribution in [2.45, 2.75) is 46.6 Å². The average Bonchev–Trinajstić information content (AvgIpc) is 2.36. The molecule has 0 fully saturated rings. The lowest BCUT2D eigenvalue weighted by molar-refractivity contribution is 0.0934. The van der Waals surface area contributed by atoms with Crippen molar-refractivity contribution in [1.29, 1.82) is 0 Å². The van der Waals surface area contributed by atoms with Crippen LogP contribution in [0.2, 0.25) is 0 Å². The van der Waals surface area contributed by atoms with Gasteiger partial charge in [-0.15, -0.1) is 0 Å². The summed E-state index contributed by atoms with van der Waals surface area (Å²) in [5.41, 5.74) is 1.67. The lowest BCUT2D eigenvalue weighted by Gasteiger charge is -2.16. The predicted octanol–water partition coefficient (Wildman–Crippen LogP) is 3.56. The van der Waals surface area contributed by atoms with Gasteiger partial charge in [-0.1, -0.05) is 25.5 Å². The lowest BCUT2D eigenvalue weighted by atomic mass is 10.0. The molecule has 0 aliphatic rings. The molecule has 1 amide bonds. The highest BCUT2D eigenvalue weighted by Gasteiger charge is 2.14. The monoisotopic (exact) mass is 263 g/mol. The van der Waals surface area contributed by atoms with Crippen molar-refractivity contribution in [2.75, 3.05) is 7.11 Å². The first-order chi connectivity index (χ1) is 8.93. The fourth-order valence-electron chi connectivity index (χ4n) is 1.96. The molecule has 0 aliphatic carbocycles. The van der Waals surface area contributed by atoms with Gasteiger partial charge in [-0.3, -0.25) is 4.79 Å². The molecule has 1 N–H and O–H groups in total. The van der Waals surface area contributed by atoms with Gasteiger partial charge < -0.3 is 10.1 Å². The van der Waals surface area contributed by atoms with Gasteiger partial charge in [-0.25, -0.2) is 0 Å². The molecule has 19 heavy (non-hydrogen) atoms. The zero-order valence-corrected chi connectivity index (χ0v) is 12.6. The van der Waals surface area contributed by atoms with E-state index < -0.39 is 0 Å². The topological polar surface area (TPSA) is 38.3 Å². The van der Waals surface area contributed by atoms with Crippen molar-refractivity contribution in [1.82, 2.24) is 5.32 Å². The van der Waals surface area contributed by atoms with Gasteiger partial charge >= 0.3 is 0 Å². The Hall–Kier alpha value is -1.51. The molecule has 1 aromatic carbocycles. The first kappa shape index (κ1) is 15.5. The number of rotatable bonds is 6. The van der Waals surface area contributed by atoms with Gasteiger partial charge in [0.2, 0.25) is 0 Å². The Balaban J connectivity index is 2.69. The highest BCUT2D eigenvalue weighted by molar-refractivity contribution is 5.97. The quantitative estimate of drug-likeness (QED) is 0.852. The van der Waals surface area contributed by atoms with Crippen LogP contribution < -0.4 is 10.1 Å². The Morgan fingerprint density at radius 2 is 1.95 bits per heavy atom. The summed E-state index contributed by atoms with van der Waals surface area (Å²) in [5, 5.41) is 3.03. The van der Waals surface area contributed by atoms with Crippen LogP contribution in [0.4, 0.5) is 0 Å². The maximum atomic E-state index is 12.2. The summed E-state index contributed by atoms with van der Waals surface area (Å²) in [4.78, 5) is 12.2. The fraction of sp³-hybridized carbons (Fsp3) is 0.562. The molecule has 1 unspecified atom stereocenters. The maximum absolute atomic E-state index is 12.2. The van der Waals surface area contributed by atoms with Crippen molar-refractivity contribution in [3.05, 3.63) is 29.3 Å². The van der Waals surface area contributed by atoms with Crippen molar-refractivity contribution in [3.8, 4) is 5.75 Å². The summed E-state index contributed by atoms with van der Waals surface area (Å²) in [6.07, 6.45) is 2.12. The highest BCUT2D eigenvalue weighted by Crippen LogP contribution is 2.19. The molecule has 0 spiro atoms. The van der Waals surface area contributed by atoms with E-state index in [2.05, 4.69) is 19.2 Å². The normalized spacial score (nSPS) is 12.3. The van der Waals surface area contributed by atoms with Crippen LogP contribution in [-0.2, 0) is 0 Å². The summed E-state index contributed by atoms with van der Waals surface area (Å²) < 4.78 is 5.24. The Morgan fingerprint density at radius 1 is 1.26 bits per heavy atom. The van der Waals surface area contributed by atoms with Gasteiger partial charge in [0.15, 0.2) is 0 Å². The van der Waals surface area contributed by atoms with E-state index in [9.17, 15) is 4.79 Å². The molecule has 1 atom stereocenters. The fourth-order valence-corrected chi connectivity index (χ4v) is 1.96. The third-order valence-corrected chi connectivity index (χ3v) is 3.15. The largest absolute Gasteiger partial charge is 0.496 e. The zero-order chi connectivity index (χ0) is 14.4. The van der Waals surface area contributed by atoms with Gasteiger partial charge in [-0.05, 0) is 44.7 Å². The lowest BCUT2D eigenvalue weighted by Crippen LogP contribution is -2.33. The molecule has 0 heterocycles. The van der Waals surface area contributed by atoms with Crippen molar-refractivity contribution >= 4 is 5.91 Å². The first-order valence-corrected chi connectivity index (χ1v) is 6.89. The first-order valence-electron chi connectivity index (χ1n) is 6.89. The Kier molecular flexibility index (Phi) is 5.87. The Labute approximate surface area is 116 Å². The maximum Gasteiger partial charge on any atom is 0.255 e. The number of hydrogen-bond donors (Lipinski definition) is 1. The van der Waals surface area contributed by atoms with E-state index in [1.165, 1.54) is 0 Å². The van der Waals surface area contributed by atoms with Crippen LogP contribution in [0.3, 0.4) is 0 Å². The van der Waals surface area contributed by atoms with E-state index in [0.29, 0.717) is 17.2 Å². The molecule has 1 aromatic rings. The predicted molar refractivity (Wildman–Crippen MR) is 78.7 cm³/mol. The van der Waals surface area contributed by atoms with E-state index >= 15 is 0 Å². The third-order valence-electron chi connectivity index (χ3n) is 3.15. The van der Waals surface area contributed by atoms with Crippen LogP contribution in [0, 0.1) is 12.8 Å². The molecular formula is C16H25NO2. The van der Waals surface area contributed by atoms with E-state index in [4.69, 9.17) is 4.74 Å². The summed E-state index contributed by atoms with van der Waals surface area (Å²) in [6, 6.07) is 5.82. The summed E-state index contributed by atoms with van der Waals surface area (Å²) in [7, 11) is 1.59. The highest BCUT2D eigenvalue weighted by atomic mass is 16.5. The molecule has 0 saturated heterocycles. The molecule has 0 radical (unpaired) electrons. The molecule has 0 bridgehead atoms. The number of hydrogen-bond acceptors (Lipinski definition) is 2. The van der Waals surface area contributed by atoms with Crippen LogP contribution in [0.15, 0.2) is 18.2 Å². The van der Waals surface area contributed by atoms with Crippen LogP contribution in [0.25, 0.3) is 0 Å². The molecule has 1 rings (SSSR count). The Morgan fingerprint density at radius 3 is 2.53 bits per heavy atom. The molecule has 0 aromatic heterocycles. The second kappa shape index (κ2) is 7.17. The number of carbonyl (C=O) groups is 1. The standard InChI is InChI=1S/C16H25NO2/c1-11(2)6-8-13(4)17-16(18)14-10-12(3)7-9-15(14)19-5/h7,9-11,13H,6,8H2,1-5H3,(H,17,18). The minimum absolute atomic E-state index is 0.0585. The number of ether oxygens (including phenoxy) is 1. The third kappa shape index (κ3) is 4.93. The van der Waals surface area contributed by atoms with Gasteiger partial charge in [0.25, 0.3) is 5.91 Å². The summed E-state index contributed by atoms with van der Waals surface area (Å²) >= 11 is 0. The minimum Gasteiger partial charge on any atom is -0.496 e. The number of methoxy groups -OCH3 is 1. The number of amides is 1. The Bertz CT molecular complexity index is 427. The van der Waals surface area contributed by atoms with Gasteiger partial charge in [0, 0.05) is 6.04 Å². The van der Waals surface area contributed by atoms with E-state index in [1.807, 2.05) is 32.0 Å². The zero-order valence-electron chi connectivity index (χ0n) is 12.6. The number of nitrogens with one attached hydrogen (secondary N) is 1. The molecule has 0 saturated carbocycles. The molecule has 0 aliphatic heterocycles. The van der Waals surface area contributed by atoms with Crippen molar-refractivity contribution in [3.63, 3.8) is 0 Å². The van der Waals surface area contributed by atoms with Crippen molar-refractivity contribution < 1.29 is 9.53 Å². The van der Waals surface area contributed by atoms with Gasteiger partial charge in [-0.2, -0.15) is 0 Å². The molecule has 3 nitrogen and oxygen atoms in total.